The summed E-state index contributed by atoms with van der Waals surface area (Å²) in [6, 6.07) is 25.6. The third kappa shape index (κ3) is 5.83. The number of ether oxygens (including phenoxy) is 1. The van der Waals surface area contributed by atoms with Crippen LogP contribution >= 0.6 is 23.5 Å². The molecule has 1 saturated heterocycles. The summed E-state index contributed by atoms with van der Waals surface area (Å²) in [5.74, 6) is -0.0634. The molecular formula is C31H30N4O3S2. The smallest absolute Gasteiger partial charge is 0.250 e. The predicted molar refractivity (Wildman–Crippen MR) is 162 cm³/mol. The number of amides is 1. The van der Waals surface area contributed by atoms with E-state index in [1.807, 2.05) is 55.6 Å². The molecule has 2 aliphatic heterocycles. The molecule has 1 amide bonds. The van der Waals surface area contributed by atoms with Gasteiger partial charge >= 0.3 is 0 Å². The lowest BCUT2D eigenvalue weighted by Gasteiger charge is -2.29. The van der Waals surface area contributed by atoms with Crippen molar-refractivity contribution in [2.24, 2.45) is 0 Å². The van der Waals surface area contributed by atoms with Crippen molar-refractivity contribution in [2.75, 3.05) is 43.6 Å². The number of H-pyrrole nitrogens is 1. The Morgan fingerprint density at radius 3 is 2.58 bits per heavy atom. The number of aromatic nitrogens is 1. The lowest BCUT2D eigenvalue weighted by Crippen LogP contribution is -2.40. The minimum absolute atomic E-state index is 0.0634. The number of rotatable bonds is 7. The summed E-state index contributed by atoms with van der Waals surface area (Å²) in [6.45, 7) is 2.87. The molecule has 0 spiro atoms. The lowest BCUT2D eigenvalue weighted by atomic mass is 10.1. The number of benzene rings is 3. The van der Waals surface area contributed by atoms with Gasteiger partial charge in [0.15, 0.2) is 0 Å². The van der Waals surface area contributed by atoms with Gasteiger partial charge < -0.3 is 25.3 Å². The van der Waals surface area contributed by atoms with Gasteiger partial charge in [0.05, 0.1) is 24.9 Å². The van der Waals surface area contributed by atoms with E-state index in [1.54, 1.807) is 29.6 Å². The van der Waals surface area contributed by atoms with Gasteiger partial charge in [-0.2, -0.15) is 0 Å². The summed E-state index contributed by atoms with van der Waals surface area (Å²) < 4.78 is 5.48. The highest BCUT2D eigenvalue weighted by molar-refractivity contribution is 8.05. The van der Waals surface area contributed by atoms with Crippen molar-refractivity contribution in [1.29, 1.82) is 0 Å². The molecule has 0 bridgehead atoms. The molecule has 3 N–H and O–H groups in total. The maximum Gasteiger partial charge on any atom is 0.250 e. The first-order valence-corrected chi connectivity index (χ1v) is 14.9. The third-order valence-electron chi connectivity index (χ3n) is 7.07. The van der Waals surface area contributed by atoms with Gasteiger partial charge in [-0.05, 0) is 49.4 Å². The summed E-state index contributed by atoms with van der Waals surface area (Å²) in [5.41, 5.74) is 4.50. The number of fused-ring (bicyclic) bond motifs is 2. The highest BCUT2D eigenvalue weighted by Crippen LogP contribution is 2.52. The molecule has 3 heterocycles. The molecule has 9 heteroatoms. The minimum Gasteiger partial charge on any atom is -0.378 e. The van der Waals surface area contributed by atoms with Crippen LogP contribution in [0.1, 0.15) is 5.56 Å². The summed E-state index contributed by atoms with van der Waals surface area (Å²) in [7, 11) is 1.81. The topological polar surface area (TPSA) is 86.5 Å². The van der Waals surface area contributed by atoms with Gasteiger partial charge in [-0.15, -0.1) is 0 Å². The number of aromatic amines is 1. The Hall–Kier alpha value is -3.50. The van der Waals surface area contributed by atoms with E-state index in [0.717, 1.165) is 60.9 Å². The largest absolute Gasteiger partial charge is 0.378 e. The number of pyridine rings is 1. The number of nitrogens with one attached hydrogen (secondary N) is 3. The Morgan fingerprint density at radius 2 is 1.77 bits per heavy atom. The van der Waals surface area contributed by atoms with Crippen molar-refractivity contribution in [1.82, 2.24) is 10.3 Å². The Labute approximate surface area is 241 Å². The van der Waals surface area contributed by atoms with Crippen LogP contribution in [-0.2, 0) is 16.0 Å². The van der Waals surface area contributed by atoms with Crippen molar-refractivity contribution in [3.05, 3.63) is 94.8 Å². The zero-order chi connectivity index (χ0) is 27.5. The van der Waals surface area contributed by atoms with Crippen LogP contribution in [0, 0.1) is 0 Å². The van der Waals surface area contributed by atoms with Crippen molar-refractivity contribution in [3.8, 4) is 11.3 Å². The molecule has 3 aromatic carbocycles. The number of anilines is 2. The zero-order valence-corrected chi connectivity index (χ0v) is 23.7. The van der Waals surface area contributed by atoms with Crippen LogP contribution < -0.4 is 21.1 Å². The van der Waals surface area contributed by atoms with Crippen LogP contribution in [0.25, 0.3) is 11.3 Å². The second-order valence-electron chi connectivity index (χ2n) is 9.73. The summed E-state index contributed by atoms with van der Waals surface area (Å²) in [6.07, 6.45) is 0.615. The second-order valence-corrected chi connectivity index (χ2v) is 11.9. The van der Waals surface area contributed by atoms with Crippen LogP contribution in [0.2, 0.25) is 0 Å². The first-order chi connectivity index (χ1) is 19.6. The van der Waals surface area contributed by atoms with Crippen LogP contribution in [0.15, 0.2) is 103 Å². The zero-order valence-electron chi connectivity index (χ0n) is 22.1. The fraction of sp³-hybridized carbons (Fsp3) is 0.226. The van der Waals surface area contributed by atoms with Gasteiger partial charge in [-0.1, -0.05) is 66.0 Å². The average molecular weight is 571 g/mol. The Morgan fingerprint density at radius 1 is 0.950 bits per heavy atom. The summed E-state index contributed by atoms with van der Waals surface area (Å²) in [5, 5.41) is 6.23. The SMILES string of the molecule is CN[C@@H](Cc1ccccc1)C(=O)Nc1ccc2c(c1)Sc1cccc(-c3cc(N4CCOCC4)cc(=O)[nH]3)c1S2. The molecular weight excluding hydrogens is 541 g/mol. The molecule has 2 aliphatic rings. The van der Waals surface area contributed by atoms with Crippen molar-refractivity contribution in [3.63, 3.8) is 0 Å². The lowest BCUT2D eigenvalue weighted by molar-refractivity contribution is -0.118. The fourth-order valence-corrected chi connectivity index (χ4v) is 7.39. The van der Waals surface area contributed by atoms with E-state index < -0.39 is 0 Å². The van der Waals surface area contributed by atoms with Gasteiger partial charge in [0.2, 0.25) is 11.5 Å². The molecule has 204 valence electrons. The van der Waals surface area contributed by atoms with E-state index in [2.05, 4.69) is 44.8 Å². The van der Waals surface area contributed by atoms with E-state index in [4.69, 9.17) is 4.74 Å². The first-order valence-electron chi connectivity index (χ1n) is 13.3. The maximum absolute atomic E-state index is 13.1. The third-order valence-corrected chi connectivity index (χ3v) is 9.66. The van der Waals surface area contributed by atoms with E-state index in [0.29, 0.717) is 19.6 Å². The number of hydrogen-bond acceptors (Lipinski definition) is 7. The van der Waals surface area contributed by atoms with Gasteiger partial charge in [0.25, 0.3) is 0 Å². The number of likely N-dealkylation sites (N-methyl/N-ethyl adjacent to an activating group) is 1. The standard InChI is InChI=1S/C31H30N4O3S2/c1-32-25(16-20-6-3-2-4-7-20)31(37)33-21-10-11-26-28(17-21)39-27-9-5-8-23(30(27)40-26)24-18-22(19-29(36)34-24)35-12-14-38-15-13-35/h2-11,17-19,25,32H,12-16H2,1H3,(H,33,37)(H,34,36)/t25-/m0/s1. The molecule has 0 radical (unpaired) electrons. The molecule has 1 aromatic heterocycles. The van der Waals surface area contributed by atoms with Gasteiger partial charge in [-0.3, -0.25) is 9.59 Å². The van der Waals surface area contributed by atoms with Crippen LogP contribution in [0.5, 0.6) is 0 Å². The van der Waals surface area contributed by atoms with E-state index >= 15 is 0 Å². The van der Waals surface area contributed by atoms with E-state index in [-0.39, 0.29) is 17.5 Å². The summed E-state index contributed by atoms with van der Waals surface area (Å²) >= 11 is 3.37. The molecule has 1 fully saturated rings. The Bertz CT molecular complexity index is 1590. The van der Waals surface area contributed by atoms with Gasteiger partial charge in [0.1, 0.15) is 0 Å². The number of morpholine rings is 1. The molecule has 1 atom stereocenters. The van der Waals surface area contributed by atoms with E-state index in [9.17, 15) is 9.59 Å². The second kappa shape index (κ2) is 11.9. The van der Waals surface area contributed by atoms with Crippen LogP contribution in [-0.4, -0.2) is 50.3 Å². The molecule has 7 nitrogen and oxygen atoms in total. The predicted octanol–water partition coefficient (Wildman–Crippen LogP) is 5.26. The Balaban J connectivity index is 1.22. The molecule has 0 aliphatic carbocycles. The van der Waals surface area contributed by atoms with Crippen molar-refractivity contribution in [2.45, 2.75) is 32.0 Å². The first kappa shape index (κ1) is 26.7. The molecule has 6 rings (SSSR count). The minimum atomic E-state index is -0.334. The van der Waals surface area contributed by atoms with Crippen LogP contribution in [0.4, 0.5) is 11.4 Å². The normalized spacial score (nSPS) is 15.2. The molecule has 0 saturated carbocycles. The monoisotopic (exact) mass is 570 g/mol. The molecule has 40 heavy (non-hydrogen) atoms. The van der Waals surface area contributed by atoms with Crippen molar-refractivity contribution < 1.29 is 9.53 Å². The Kier molecular flexibility index (Phi) is 7.97. The number of hydrogen-bond donors (Lipinski definition) is 3. The average Bonchev–Trinajstić information content (AvgIpc) is 2.99. The van der Waals surface area contributed by atoms with Gasteiger partial charge in [-0.25, -0.2) is 0 Å². The highest BCUT2D eigenvalue weighted by Gasteiger charge is 2.23. The number of carbonyl (C=O) groups is 1. The number of carbonyl (C=O) groups excluding carboxylic acids is 1. The highest BCUT2D eigenvalue weighted by atomic mass is 32.2. The molecule has 0 unspecified atom stereocenters. The molecule has 4 aromatic rings. The van der Waals surface area contributed by atoms with Gasteiger partial charge in [0, 0.05) is 55.7 Å². The quantitative estimate of drug-likeness (QED) is 0.246. The van der Waals surface area contributed by atoms with Crippen molar-refractivity contribution >= 4 is 40.8 Å². The van der Waals surface area contributed by atoms with Crippen LogP contribution in [0.3, 0.4) is 0 Å². The summed E-state index contributed by atoms with van der Waals surface area (Å²) in [4.78, 5) is 35.4. The fourth-order valence-electron chi connectivity index (χ4n) is 4.97. The van der Waals surface area contributed by atoms with E-state index in [1.165, 1.54) is 0 Å². The maximum atomic E-state index is 13.1. The number of nitrogens with zero attached hydrogens (tertiary/aromatic N) is 1.